The fourth-order valence-corrected chi connectivity index (χ4v) is 3.17. The Morgan fingerprint density at radius 1 is 1.29 bits per heavy atom. The van der Waals surface area contributed by atoms with E-state index in [-0.39, 0.29) is 12.2 Å². The third-order valence-corrected chi connectivity index (χ3v) is 4.47. The first-order chi connectivity index (χ1) is 11.0. The van der Waals surface area contributed by atoms with E-state index in [1.807, 2.05) is 0 Å². The minimum atomic E-state index is -2.90. The smallest absolute Gasteiger partial charge is 0.424 e. The molecule has 1 aromatic rings. The third kappa shape index (κ3) is 4.73. The van der Waals surface area contributed by atoms with Gasteiger partial charge in [0.1, 0.15) is 5.60 Å². The second-order valence-corrected chi connectivity index (χ2v) is 7.81. The normalized spacial score (nSPS) is 21.8. The molecule has 1 amide bonds. The fraction of sp³-hybridized carbons (Fsp3) is 0.562. The highest BCUT2D eigenvalue weighted by Crippen LogP contribution is 2.28. The predicted molar refractivity (Wildman–Crippen MR) is 85.7 cm³/mol. The van der Waals surface area contributed by atoms with Crippen molar-refractivity contribution < 1.29 is 26.7 Å². The minimum Gasteiger partial charge on any atom is -0.443 e. The molecule has 1 aliphatic heterocycles. The Hall–Kier alpha value is -1.54. The van der Waals surface area contributed by atoms with E-state index in [1.54, 1.807) is 32.9 Å². The van der Waals surface area contributed by atoms with Gasteiger partial charge >= 0.3 is 6.09 Å². The topological polar surface area (TPSA) is 55.8 Å². The molecule has 2 atom stereocenters. The van der Waals surface area contributed by atoms with Gasteiger partial charge in [0.05, 0.1) is 12.6 Å². The lowest BCUT2D eigenvalue weighted by molar-refractivity contribution is 0.0174. The maximum absolute atomic E-state index is 13.2. The molecule has 0 bridgehead atoms. The average molecular weight is 361 g/mol. The molecular weight excluding hydrogens is 340 g/mol. The van der Waals surface area contributed by atoms with Crippen LogP contribution in [0.15, 0.2) is 24.3 Å². The van der Waals surface area contributed by atoms with Crippen molar-refractivity contribution in [2.24, 2.45) is 0 Å². The molecule has 0 N–H and O–H groups in total. The van der Waals surface area contributed by atoms with Gasteiger partial charge in [-0.05, 0) is 32.8 Å². The van der Waals surface area contributed by atoms with Crippen LogP contribution in [-0.2, 0) is 32.5 Å². The van der Waals surface area contributed by atoms with E-state index in [2.05, 4.69) is 0 Å². The Morgan fingerprint density at radius 3 is 2.38 bits per heavy atom. The Kier molecular flexibility index (Phi) is 5.29. The van der Waals surface area contributed by atoms with Crippen molar-refractivity contribution in [1.82, 2.24) is 4.31 Å². The summed E-state index contributed by atoms with van der Waals surface area (Å²) in [4.78, 5) is 12.2. The van der Waals surface area contributed by atoms with Gasteiger partial charge in [-0.25, -0.2) is 17.8 Å². The van der Waals surface area contributed by atoms with Gasteiger partial charge in [-0.1, -0.05) is 24.3 Å². The Balaban J connectivity index is 2.10. The second kappa shape index (κ2) is 6.76. The zero-order valence-electron chi connectivity index (χ0n) is 14.0. The first-order valence-corrected chi connectivity index (χ1v) is 8.55. The number of carbonyl (C=O) groups excluding carboxylic acids is 1. The summed E-state index contributed by atoms with van der Waals surface area (Å²) in [5.41, 5.74) is -0.0615. The van der Waals surface area contributed by atoms with E-state index in [9.17, 15) is 17.8 Å². The lowest BCUT2D eigenvalue weighted by atomic mass is 10.0. The first kappa shape index (κ1) is 18.8. The van der Waals surface area contributed by atoms with E-state index in [1.165, 1.54) is 12.1 Å². The Bertz CT molecular complexity index is 622. The van der Waals surface area contributed by atoms with Crippen molar-refractivity contribution in [1.29, 1.82) is 0 Å². The van der Waals surface area contributed by atoms with Crippen LogP contribution in [0.5, 0.6) is 0 Å². The Labute approximate surface area is 142 Å². The molecule has 1 saturated heterocycles. The standard InChI is InChI=1S/C16H21F2NO4S/c1-15(2,3)23-14(20)19-13(10-22-24(19)21)9-11-5-7-12(8-6-11)16(4,17)18/h5-8,13H,9-10H2,1-4H3. The van der Waals surface area contributed by atoms with Crippen molar-refractivity contribution in [3.63, 3.8) is 0 Å². The van der Waals surface area contributed by atoms with Gasteiger partial charge in [0, 0.05) is 12.5 Å². The molecule has 2 unspecified atom stereocenters. The lowest BCUT2D eigenvalue weighted by Crippen LogP contribution is -2.41. The number of nitrogens with zero attached hydrogens (tertiary/aromatic N) is 1. The van der Waals surface area contributed by atoms with Gasteiger partial charge in [0.25, 0.3) is 17.2 Å². The van der Waals surface area contributed by atoms with Gasteiger partial charge in [-0.2, -0.15) is 4.31 Å². The van der Waals surface area contributed by atoms with Crippen molar-refractivity contribution in [2.45, 2.75) is 51.7 Å². The van der Waals surface area contributed by atoms with Crippen LogP contribution in [0.1, 0.15) is 38.8 Å². The average Bonchev–Trinajstić information content (AvgIpc) is 2.77. The highest BCUT2D eigenvalue weighted by molar-refractivity contribution is 7.78. The molecule has 1 aromatic carbocycles. The van der Waals surface area contributed by atoms with Gasteiger partial charge in [-0.3, -0.25) is 4.18 Å². The highest BCUT2D eigenvalue weighted by atomic mass is 32.2. The molecule has 0 aliphatic carbocycles. The van der Waals surface area contributed by atoms with Crippen molar-refractivity contribution in [3.8, 4) is 0 Å². The van der Waals surface area contributed by atoms with Crippen LogP contribution in [0.25, 0.3) is 0 Å². The highest BCUT2D eigenvalue weighted by Gasteiger charge is 2.39. The van der Waals surface area contributed by atoms with Gasteiger partial charge in [0.15, 0.2) is 0 Å². The molecule has 1 fully saturated rings. The number of hydrogen-bond acceptors (Lipinski definition) is 4. The number of carbonyl (C=O) groups is 1. The van der Waals surface area contributed by atoms with Gasteiger partial charge in [-0.15, -0.1) is 0 Å². The molecule has 8 heteroatoms. The first-order valence-electron chi connectivity index (χ1n) is 7.52. The number of halogens is 2. The second-order valence-electron chi connectivity index (χ2n) is 6.75. The number of alkyl halides is 2. The van der Waals surface area contributed by atoms with Crippen LogP contribution in [0.3, 0.4) is 0 Å². The van der Waals surface area contributed by atoms with E-state index >= 15 is 0 Å². The lowest BCUT2D eigenvalue weighted by Gasteiger charge is -2.25. The van der Waals surface area contributed by atoms with E-state index in [0.29, 0.717) is 6.42 Å². The van der Waals surface area contributed by atoms with Crippen molar-refractivity contribution in [3.05, 3.63) is 35.4 Å². The third-order valence-electron chi connectivity index (χ3n) is 3.36. The quantitative estimate of drug-likeness (QED) is 0.826. The molecule has 0 aromatic heterocycles. The molecule has 5 nitrogen and oxygen atoms in total. The number of amides is 1. The monoisotopic (exact) mass is 361 g/mol. The van der Waals surface area contributed by atoms with Crippen molar-refractivity contribution in [2.75, 3.05) is 6.61 Å². The predicted octanol–water partition coefficient (Wildman–Crippen LogP) is 3.56. The maximum Gasteiger partial charge on any atom is 0.424 e. The van der Waals surface area contributed by atoms with E-state index < -0.39 is 34.9 Å². The zero-order chi connectivity index (χ0) is 18.1. The number of benzene rings is 1. The van der Waals surface area contributed by atoms with Crippen LogP contribution in [0.4, 0.5) is 13.6 Å². The summed E-state index contributed by atoms with van der Waals surface area (Å²) in [5.74, 6) is -2.90. The summed E-state index contributed by atoms with van der Waals surface area (Å²) < 4.78 is 49.7. The summed E-state index contributed by atoms with van der Waals surface area (Å²) in [5, 5.41) is 0. The van der Waals surface area contributed by atoms with Crippen LogP contribution < -0.4 is 0 Å². The molecular formula is C16H21F2NO4S. The SMILES string of the molecule is CC(C)(C)OC(=O)N1C(Cc2ccc(C(C)(F)F)cc2)COS1=O. The number of ether oxygens (including phenoxy) is 1. The fourth-order valence-electron chi connectivity index (χ4n) is 2.25. The van der Waals surface area contributed by atoms with E-state index in [0.717, 1.165) is 16.8 Å². The summed E-state index contributed by atoms with van der Waals surface area (Å²) in [6.45, 7) is 6.06. The molecule has 24 heavy (non-hydrogen) atoms. The zero-order valence-corrected chi connectivity index (χ0v) is 14.9. The van der Waals surface area contributed by atoms with Crippen LogP contribution in [0.2, 0.25) is 0 Å². The summed E-state index contributed by atoms with van der Waals surface area (Å²) >= 11 is -1.91. The van der Waals surface area contributed by atoms with Gasteiger partial charge < -0.3 is 4.74 Å². The van der Waals surface area contributed by atoms with E-state index in [4.69, 9.17) is 8.92 Å². The molecule has 1 aliphatic rings. The number of hydrogen-bond donors (Lipinski definition) is 0. The molecule has 1 heterocycles. The minimum absolute atomic E-state index is 0.0819. The van der Waals surface area contributed by atoms with Crippen LogP contribution in [-0.4, -0.2) is 32.9 Å². The Morgan fingerprint density at radius 2 is 1.88 bits per heavy atom. The van der Waals surface area contributed by atoms with Crippen LogP contribution >= 0.6 is 0 Å². The molecule has 2 rings (SSSR count). The largest absolute Gasteiger partial charge is 0.443 e. The maximum atomic E-state index is 13.2. The molecule has 134 valence electrons. The summed E-state index contributed by atoms with van der Waals surface area (Å²) in [6, 6.07) is 5.36. The van der Waals surface area contributed by atoms with Gasteiger partial charge in [0.2, 0.25) is 0 Å². The number of rotatable bonds is 3. The summed E-state index contributed by atoms with van der Waals surface area (Å²) in [7, 11) is 0. The molecule has 0 saturated carbocycles. The van der Waals surface area contributed by atoms with Crippen LogP contribution in [0, 0.1) is 0 Å². The van der Waals surface area contributed by atoms with Crippen molar-refractivity contribution >= 4 is 17.4 Å². The molecule has 0 radical (unpaired) electrons. The molecule has 0 spiro atoms. The summed E-state index contributed by atoms with van der Waals surface area (Å²) in [6.07, 6.45) is -0.388.